The first-order valence-corrected chi connectivity index (χ1v) is 11.7. The average molecular weight is 514 g/mol. The number of halogens is 1. The molecular weight excluding hydrogens is 486 g/mol. The summed E-state index contributed by atoms with van der Waals surface area (Å²) in [6.07, 6.45) is 4.51. The SMILES string of the molecule is CC(C)(C)OC(=O)N1CC(CO)(Cn2cc(-c3nc(Nc4ccc(C(N)=O)cc4)ncc3Cl)cn2)C1. The summed E-state index contributed by atoms with van der Waals surface area (Å²) >= 11 is 6.36. The summed E-state index contributed by atoms with van der Waals surface area (Å²) in [5.41, 5.74) is 6.41. The fourth-order valence-corrected chi connectivity index (χ4v) is 4.06. The summed E-state index contributed by atoms with van der Waals surface area (Å²) in [5.74, 6) is -0.196. The van der Waals surface area contributed by atoms with Gasteiger partial charge in [0.2, 0.25) is 11.9 Å². The largest absolute Gasteiger partial charge is 0.444 e. The fraction of sp³-hybridized carbons (Fsp3) is 0.375. The van der Waals surface area contributed by atoms with E-state index in [1.165, 1.54) is 6.20 Å². The third kappa shape index (κ3) is 5.74. The van der Waals surface area contributed by atoms with Crippen LogP contribution < -0.4 is 11.1 Å². The van der Waals surface area contributed by atoms with Gasteiger partial charge in [-0.15, -0.1) is 0 Å². The maximum absolute atomic E-state index is 12.3. The molecule has 1 fully saturated rings. The number of aromatic nitrogens is 4. The van der Waals surface area contributed by atoms with Gasteiger partial charge >= 0.3 is 6.09 Å². The van der Waals surface area contributed by atoms with E-state index in [4.69, 9.17) is 22.1 Å². The van der Waals surface area contributed by atoms with E-state index >= 15 is 0 Å². The van der Waals surface area contributed by atoms with Crippen molar-refractivity contribution in [2.45, 2.75) is 32.9 Å². The molecule has 2 aromatic heterocycles. The molecule has 1 aromatic carbocycles. The number of hydrogen-bond acceptors (Lipinski definition) is 8. The number of nitrogens with two attached hydrogens (primary N) is 1. The Labute approximate surface area is 213 Å². The Balaban J connectivity index is 1.44. The van der Waals surface area contributed by atoms with Gasteiger partial charge in [-0.25, -0.2) is 14.8 Å². The molecule has 2 amide bonds. The number of benzene rings is 1. The second-order valence-electron chi connectivity index (χ2n) is 9.88. The van der Waals surface area contributed by atoms with Gasteiger partial charge in [0.05, 0.1) is 36.3 Å². The zero-order valence-corrected chi connectivity index (χ0v) is 21.0. The van der Waals surface area contributed by atoms with Crippen LogP contribution >= 0.6 is 11.6 Å². The van der Waals surface area contributed by atoms with Crippen LogP contribution in [0.4, 0.5) is 16.4 Å². The standard InChI is InChI=1S/C24H28ClN7O4/c1-23(2,3)36-22(35)31-11-24(12-31,14-33)13-32-10-16(8-28-32)19-18(25)9-27-21(30-19)29-17-6-4-15(5-7-17)20(26)34/h4-10,33H,11-14H2,1-3H3,(H2,26,34)(H,27,29,30). The van der Waals surface area contributed by atoms with E-state index in [0.29, 0.717) is 53.1 Å². The molecule has 4 rings (SSSR count). The van der Waals surface area contributed by atoms with Crippen molar-refractivity contribution in [1.29, 1.82) is 0 Å². The number of carbonyl (C=O) groups excluding carboxylic acids is 2. The van der Waals surface area contributed by atoms with Gasteiger partial charge in [-0.1, -0.05) is 11.6 Å². The number of aliphatic hydroxyl groups is 1. The van der Waals surface area contributed by atoms with Crippen LogP contribution in [0.5, 0.6) is 0 Å². The summed E-state index contributed by atoms with van der Waals surface area (Å²) in [7, 11) is 0. The Bertz CT molecular complexity index is 1260. The molecule has 0 radical (unpaired) electrons. The Morgan fingerprint density at radius 2 is 1.92 bits per heavy atom. The van der Waals surface area contributed by atoms with Crippen LogP contribution in [0.1, 0.15) is 31.1 Å². The molecule has 4 N–H and O–H groups in total. The van der Waals surface area contributed by atoms with E-state index in [1.807, 2.05) is 20.8 Å². The summed E-state index contributed by atoms with van der Waals surface area (Å²) in [6.45, 7) is 6.48. The monoisotopic (exact) mass is 513 g/mol. The molecule has 1 saturated heterocycles. The van der Waals surface area contributed by atoms with Gasteiger partial charge in [-0.3, -0.25) is 9.48 Å². The number of primary amides is 1. The third-order valence-corrected chi connectivity index (χ3v) is 5.89. The van der Waals surface area contributed by atoms with Gasteiger partial charge in [0.15, 0.2) is 0 Å². The Hall–Kier alpha value is -3.70. The van der Waals surface area contributed by atoms with Crippen molar-refractivity contribution < 1.29 is 19.4 Å². The lowest BCUT2D eigenvalue weighted by Crippen LogP contribution is -2.62. The molecule has 0 saturated carbocycles. The first kappa shape index (κ1) is 25.4. The zero-order chi connectivity index (χ0) is 26.1. The van der Waals surface area contributed by atoms with E-state index in [1.54, 1.807) is 46.2 Å². The van der Waals surface area contributed by atoms with Crippen molar-refractivity contribution in [3.63, 3.8) is 0 Å². The molecule has 0 bridgehead atoms. The number of nitrogens with zero attached hydrogens (tertiary/aromatic N) is 5. The highest BCUT2D eigenvalue weighted by Crippen LogP contribution is 2.34. The molecule has 3 heterocycles. The summed E-state index contributed by atoms with van der Waals surface area (Å²) in [6, 6.07) is 6.60. The highest BCUT2D eigenvalue weighted by Gasteiger charge is 2.46. The summed E-state index contributed by atoms with van der Waals surface area (Å²) < 4.78 is 7.10. The normalized spacial score (nSPS) is 14.8. The Morgan fingerprint density at radius 3 is 2.53 bits per heavy atom. The number of nitrogens with one attached hydrogen (secondary N) is 1. The summed E-state index contributed by atoms with van der Waals surface area (Å²) in [5, 5.41) is 17.8. The minimum atomic E-state index is -0.580. The van der Waals surface area contributed by atoms with Crippen molar-refractivity contribution in [3.05, 3.63) is 53.4 Å². The van der Waals surface area contributed by atoms with Gasteiger partial charge in [0, 0.05) is 41.5 Å². The number of amides is 2. The van der Waals surface area contributed by atoms with E-state index in [-0.39, 0.29) is 6.61 Å². The van der Waals surface area contributed by atoms with Gasteiger partial charge in [-0.05, 0) is 45.0 Å². The Kier molecular flexibility index (Phi) is 6.87. The molecule has 12 heteroatoms. The van der Waals surface area contributed by atoms with Gasteiger partial charge in [0.25, 0.3) is 0 Å². The molecule has 0 atom stereocenters. The predicted octanol–water partition coefficient (Wildman–Crippen LogP) is 3.07. The van der Waals surface area contributed by atoms with E-state index in [2.05, 4.69) is 20.4 Å². The maximum Gasteiger partial charge on any atom is 0.410 e. The molecule has 0 spiro atoms. The van der Waals surface area contributed by atoms with E-state index in [0.717, 1.165) is 0 Å². The number of likely N-dealkylation sites (tertiary alicyclic amines) is 1. The lowest BCUT2D eigenvalue weighted by Gasteiger charge is -2.48. The van der Waals surface area contributed by atoms with Crippen LogP contribution in [-0.4, -0.2) is 67.1 Å². The van der Waals surface area contributed by atoms with Crippen LogP contribution in [0.3, 0.4) is 0 Å². The molecule has 3 aromatic rings. The number of ether oxygens (including phenoxy) is 1. The third-order valence-electron chi connectivity index (χ3n) is 5.61. The molecule has 36 heavy (non-hydrogen) atoms. The van der Waals surface area contributed by atoms with Gasteiger partial charge in [-0.2, -0.15) is 5.10 Å². The lowest BCUT2D eigenvalue weighted by atomic mass is 9.81. The number of anilines is 2. The molecule has 0 unspecified atom stereocenters. The van der Waals surface area contributed by atoms with Crippen LogP contribution in [0.25, 0.3) is 11.3 Å². The summed E-state index contributed by atoms with van der Waals surface area (Å²) in [4.78, 5) is 33.8. The minimum Gasteiger partial charge on any atom is -0.444 e. The second kappa shape index (κ2) is 9.75. The van der Waals surface area contributed by atoms with Crippen molar-refractivity contribution in [2.75, 3.05) is 25.0 Å². The number of carbonyl (C=O) groups is 2. The van der Waals surface area contributed by atoms with Crippen molar-refractivity contribution in [1.82, 2.24) is 24.6 Å². The van der Waals surface area contributed by atoms with Gasteiger partial charge in [0.1, 0.15) is 5.60 Å². The lowest BCUT2D eigenvalue weighted by molar-refractivity contribution is -0.0648. The average Bonchev–Trinajstić information content (AvgIpc) is 3.24. The molecule has 190 valence electrons. The van der Waals surface area contributed by atoms with Crippen LogP contribution in [-0.2, 0) is 11.3 Å². The van der Waals surface area contributed by atoms with E-state index in [9.17, 15) is 14.7 Å². The smallest absolute Gasteiger partial charge is 0.410 e. The topological polar surface area (TPSA) is 148 Å². The first-order chi connectivity index (χ1) is 17.0. The van der Waals surface area contributed by atoms with Gasteiger partial charge < -0.3 is 25.8 Å². The quantitative estimate of drug-likeness (QED) is 0.436. The molecular formula is C24H28ClN7O4. The second-order valence-corrected chi connectivity index (χ2v) is 10.3. The van der Waals surface area contributed by atoms with Crippen molar-refractivity contribution in [3.8, 4) is 11.3 Å². The molecule has 11 nitrogen and oxygen atoms in total. The van der Waals surface area contributed by atoms with Crippen LogP contribution in [0.15, 0.2) is 42.9 Å². The first-order valence-electron chi connectivity index (χ1n) is 11.3. The molecule has 0 aliphatic carbocycles. The number of rotatable bonds is 7. The van der Waals surface area contributed by atoms with E-state index < -0.39 is 23.0 Å². The van der Waals surface area contributed by atoms with Crippen molar-refractivity contribution in [2.24, 2.45) is 11.1 Å². The number of hydrogen-bond donors (Lipinski definition) is 3. The highest BCUT2D eigenvalue weighted by atomic mass is 35.5. The Morgan fingerprint density at radius 1 is 1.22 bits per heavy atom. The fourth-order valence-electron chi connectivity index (χ4n) is 3.86. The highest BCUT2D eigenvalue weighted by molar-refractivity contribution is 6.32. The minimum absolute atomic E-state index is 0.0988. The van der Waals surface area contributed by atoms with Crippen molar-refractivity contribution >= 4 is 35.2 Å². The molecule has 1 aliphatic rings. The molecule has 1 aliphatic heterocycles. The number of aliphatic hydroxyl groups excluding tert-OH is 1. The maximum atomic E-state index is 12.3. The predicted molar refractivity (Wildman–Crippen MR) is 134 cm³/mol. The van der Waals surface area contributed by atoms with Crippen LogP contribution in [0.2, 0.25) is 5.02 Å². The van der Waals surface area contributed by atoms with Crippen LogP contribution in [0, 0.1) is 5.41 Å². The zero-order valence-electron chi connectivity index (χ0n) is 20.2.